The highest BCUT2D eigenvalue weighted by atomic mass is 19.1. The Morgan fingerprint density at radius 2 is 2.28 bits per heavy atom. The molecule has 1 aromatic carbocycles. The number of aryl methyl sites for hydroxylation is 1. The Morgan fingerprint density at radius 1 is 1.50 bits per heavy atom. The first kappa shape index (κ1) is 12.6. The zero-order chi connectivity index (χ0) is 13.1. The van der Waals surface area contributed by atoms with Gasteiger partial charge < -0.3 is 10.5 Å². The number of nitrogens with two attached hydrogens (primary N) is 1. The van der Waals surface area contributed by atoms with Crippen molar-refractivity contribution in [3.63, 3.8) is 0 Å². The number of hydrogen-bond donors (Lipinski definition) is 1. The number of aromatic nitrogens is 2. The first-order chi connectivity index (χ1) is 8.61. The minimum absolute atomic E-state index is 0.253. The summed E-state index contributed by atoms with van der Waals surface area (Å²) in [7, 11) is 3.39. The fraction of sp³-hybridized carbons (Fsp3) is 0.308. The lowest BCUT2D eigenvalue weighted by Gasteiger charge is -2.14. The number of benzene rings is 1. The van der Waals surface area contributed by atoms with Crippen molar-refractivity contribution >= 4 is 0 Å². The van der Waals surface area contributed by atoms with E-state index in [1.165, 1.54) is 12.1 Å². The summed E-state index contributed by atoms with van der Waals surface area (Å²) in [4.78, 5) is 0. The van der Waals surface area contributed by atoms with Gasteiger partial charge >= 0.3 is 0 Å². The molecule has 4 nitrogen and oxygen atoms in total. The van der Waals surface area contributed by atoms with Gasteiger partial charge in [0, 0.05) is 7.05 Å². The van der Waals surface area contributed by atoms with Crippen LogP contribution in [0, 0.1) is 5.82 Å². The average molecular weight is 249 g/mol. The maximum Gasteiger partial charge on any atom is 0.161 e. The van der Waals surface area contributed by atoms with E-state index in [1.807, 2.05) is 13.1 Å². The molecule has 0 bridgehead atoms. The predicted octanol–water partition coefficient (Wildman–Crippen LogP) is 1.81. The minimum Gasteiger partial charge on any atom is -0.493 e. The quantitative estimate of drug-likeness (QED) is 0.899. The maximum atomic E-state index is 13.1. The van der Waals surface area contributed by atoms with E-state index >= 15 is 0 Å². The van der Waals surface area contributed by atoms with E-state index < -0.39 is 0 Å². The minimum atomic E-state index is -0.283. The Balaban J connectivity index is 2.21. The molecule has 0 spiro atoms. The summed E-state index contributed by atoms with van der Waals surface area (Å²) >= 11 is 0. The van der Waals surface area contributed by atoms with Crippen LogP contribution >= 0.6 is 0 Å². The Labute approximate surface area is 105 Å². The molecule has 0 fully saturated rings. The van der Waals surface area contributed by atoms with Gasteiger partial charge in [-0.05, 0) is 24.1 Å². The van der Waals surface area contributed by atoms with E-state index in [0.29, 0.717) is 12.2 Å². The molecule has 1 unspecified atom stereocenters. The molecule has 1 heterocycles. The molecule has 0 saturated heterocycles. The summed E-state index contributed by atoms with van der Waals surface area (Å²) in [5.41, 5.74) is 7.80. The molecule has 96 valence electrons. The molecule has 2 rings (SSSR count). The van der Waals surface area contributed by atoms with Crippen molar-refractivity contribution in [3.05, 3.63) is 47.5 Å². The van der Waals surface area contributed by atoms with Gasteiger partial charge in [-0.2, -0.15) is 5.10 Å². The molecule has 0 aliphatic heterocycles. The van der Waals surface area contributed by atoms with E-state index in [4.69, 9.17) is 10.5 Å². The highest BCUT2D eigenvalue weighted by molar-refractivity contribution is 5.30. The van der Waals surface area contributed by atoms with Gasteiger partial charge in [-0.15, -0.1) is 0 Å². The summed E-state index contributed by atoms with van der Waals surface area (Å²) in [6.45, 7) is 0. The zero-order valence-corrected chi connectivity index (χ0v) is 10.4. The van der Waals surface area contributed by atoms with Crippen molar-refractivity contribution in [2.45, 2.75) is 12.5 Å². The highest BCUT2D eigenvalue weighted by Gasteiger charge is 2.17. The van der Waals surface area contributed by atoms with E-state index in [9.17, 15) is 4.39 Å². The van der Waals surface area contributed by atoms with Crippen molar-refractivity contribution in [2.24, 2.45) is 12.8 Å². The molecule has 0 aliphatic carbocycles. The standard InChI is InChI=1S/C13H16FN3O/c1-17-13(12(18-2)8-16-17)11(15)7-9-4-3-5-10(14)6-9/h3-6,8,11H,7,15H2,1-2H3. The Kier molecular flexibility index (Phi) is 3.62. The summed E-state index contributed by atoms with van der Waals surface area (Å²) < 4.78 is 20.0. The van der Waals surface area contributed by atoms with Gasteiger partial charge in [0.05, 0.1) is 25.0 Å². The highest BCUT2D eigenvalue weighted by Crippen LogP contribution is 2.25. The summed E-state index contributed by atoms with van der Waals surface area (Å²) in [5.74, 6) is 0.401. The number of methoxy groups -OCH3 is 1. The third kappa shape index (κ3) is 2.51. The first-order valence-electron chi connectivity index (χ1n) is 5.67. The van der Waals surface area contributed by atoms with Gasteiger partial charge in [-0.1, -0.05) is 12.1 Å². The van der Waals surface area contributed by atoms with Crippen molar-refractivity contribution in [1.29, 1.82) is 0 Å². The molecule has 2 N–H and O–H groups in total. The van der Waals surface area contributed by atoms with Gasteiger partial charge in [-0.3, -0.25) is 4.68 Å². The van der Waals surface area contributed by atoms with E-state index in [2.05, 4.69) is 5.10 Å². The van der Waals surface area contributed by atoms with Crippen LogP contribution in [0.5, 0.6) is 5.75 Å². The second-order valence-corrected chi connectivity index (χ2v) is 4.16. The summed E-state index contributed by atoms with van der Waals surface area (Å²) in [5, 5.41) is 4.11. The van der Waals surface area contributed by atoms with Crippen molar-refractivity contribution in [2.75, 3.05) is 7.11 Å². The molecule has 1 aromatic heterocycles. The van der Waals surface area contributed by atoms with Gasteiger partial charge in [0.1, 0.15) is 5.82 Å². The molecular formula is C13H16FN3O. The van der Waals surface area contributed by atoms with Crippen LogP contribution in [0.3, 0.4) is 0 Å². The van der Waals surface area contributed by atoms with Crippen LogP contribution in [0.15, 0.2) is 30.5 Å². The van der Waals surface area contributed by atoms with Crippen molar-refractivity contribution < 1.29 is 9.13 Å². The largest absolute Gasteiger partial charge is 0.493 e. The Morgan fingerprint density at radius 3 is 2.94 bits per heavy atom. The predicted molar refractivity (Wildman–Crippen MR) is 66.8 cm³/mol. The number of nitrogens with zero attached hydrogens (tertiary/aromatic N) is 2. The van der Waals surface area contributed by atoms with Crippen molar-refractivity contribution in [1.82, 2.24) is 9.78 Å². The van der Waals surface area contributed by atoms with Gasteiger partial charge in [-0.25, -0.2) is 4.39 Å². The smallest absolute Gasteiger partial charge is 0.161 e. The van der Waals surface area contributed by atoms with Gasteiger partial charge in [0.2, 0.25) is 0 Å². The maximum absolute atomic E-state index is 13.1. The topological polar surface area (TPSA) is 53.1 Å². The molecule has 1 atom stereocenters. The van der Waals surface area contributed by atoms with Gasteiger partial charge in [0.25, 0.3) is 0 Å². The molecule has 5 heteroatoms. The lowest BCUT2D eigenvalue weighted by atomic mass is 10.0. The molecule has 18 heavy (non-hydrogen) atoms. The first-order valence-corrected chi connectivity index (χ1v) is 5.67. The van der Waals surface area contributed by atoms with Crippen LogP contribution in [-0.4, -0.2) is 16.9 Å². The molecule has 0 aliphatic rings. The zero-order valence-electron chi connectivity index (χ0n) is 10.4. The number of hydrogen-bond acceptors (Lipinski definition) is 3. The lowest BCUT2D eigenvalue weighted by Crippen LogP contribution is -2.18. The molecule has 0 radical (unpaired) electrons. The lowest BCUT2D eigenvalue weighted by molar-refractivity contribution is 0.402. The normalized spacial score (nSPS) is 12.4. The molecular weight excluding hydrogens is 233 g/mol. The van der Waals surface area contributed by atoms with Crippen LogP contribution in [0.25, 0.3) is 0 Å². The van der Waals surface area contributed by atoms with Crippen LogP contribution in [0.2, 0.25) is 0 Å². The summed E-state index contributed by atoms with van der Waals surface area (Å²) in [6, 6.07) is 6.15. The second-order valence-electron chi connectivity index (χ2n) is 4.16. The SMILES string of the molecule is COc1cnn(C)c1C(N)Cc1cccc(F)c1. The Bertz CT molecular complexity index is 539. The number of rotatable bonds is 4. The monoisotopic (exact) mass is 249 g/mol. The fourth-order valence-corrected chi connectivity index (χ4v) is 2.02. The average Bonchev–Trinajstić information content (AvgIpc) is 2.70. The Hall–Kier alpha value is -1.88. The van der Waals surface area contributed by atoms with Crippen LogP contribution in [0.1, 0.15) is 17.3 Å². The van der Waals surface area contributed by atoms with E-state index in [1.54, 1.807) is 24.1 Å². The molecule has 0 saturated carbocycles. The van der Waals surface area contributed by atoms with Crippen LogP contribution < -0.4 is 10.5 Å². The molecule has 2 aromatic rings. The number of halogens is 1. The van der Waals surface area contributed by atoms with Crippen LogP contribution in [0.4, 0.5) is 4.39 Å². The third-order valence-corrected chi connectivity index (χ3v) is 2.87. The summed E-state index contributed by atoms with van der Waals surface area (Å²) in [6.07, 6.45) is 2.16. The van der Waals surface area contributed by atoms with E-state index in [-0.39, 0.29) is 11.9 Å². The third-order valence-electron chi connectivity index (χ3n) is 2.87. The molecule has 0 amide bonds. The second kappa shape index (κ2) is 5.18. The fourth-order valence-electron chi connectivity index (χ4n) is 2.02. The van der Waals surface area contributed by atoms with Gasteiger partial charge in [0.15, 0.2) is 5.75 Å². The van der Waals surface area contributed by atoms with Crippen molar-refractivity contribution in [3.8, 4) is 5.75 Å². The van der Waals surface area contributed by atoms with Crippen LogP contribution in [-0.2, 0) is 13.5 Å². The van der Waals surface area contributed by atoms with E-state index in [0.717, 1.165) is 11.3 Å². The number of ether oxygens (including phenoxy) is 1.